The lowest BCUT2D eigenvalue weighted by Gasteiger charge is -2.45. The highest BCUT2D eigenvalue weighted by molar-refractivity contribution is 4.94. The minimum Gasteiger partial charge on any atom is -0.394 e. The van der Waals surface area contributed by atoms with Gasteiger partial charge in [-0.25, -0.2) is 0 Å². The van der Waals surface area contributed by atoms with E-state index in [4.69, 9.17) is 18.9 Å². The highest BCUT2D eigenvalue weighted by atomic mass is 16.7. The van der Waals surface area contributed by atoms with Crippen molar-refractivity contribution in [1.82, 2.24) is 0 Å². The summed E-state index contributed by atoms with van der Waals surface area (Å²) in [6.45, 7) is 1.16. The molecule has 2 aliphatic rings. The summed E-state index contributed by atoms with van der Waals surface area (Å²) in [6, 6.07) is 0. The minimum absolute atomic E-state index is 0.310. The van der Waals surface area contributed by atoms with Crippen molar-refractivity contribution in [2.24, 2.45) is 0 Å². The van der Waals surface area contributed by atoms with Gasteiger partial charge < -0.3 is 54.7 Å². The third-order valence-corrected chi connectivity index (χ3v) is 5.24. The van der Waals surface area contributed by atoms with Crippen LogP contribution in [0.2, 0.25) is 0 Å². The highest BCUT2D eigenvalue weighted by Gasteiger charge is 2.50. The van der Waals surface area contributed by atoms with Crippen molar-refractivity contribution in [1.29, 1.82) is 0 Å². The van der Waals surface area contributed by atoms with E-state index in [0.717, 1.165) is 25.7 Å². The summed E-state index contributed by atoms with van der Waals surface area (Å²) >= 11 is 0. The maximum Gasteiger partial charge on any atom is 0.187 e. The maximum atomic E-state index is 10.5. The third kappa shape index (κ3) is 6.05. The summed E-state index contributed by atoms with van der Waals surface area (Å²) in [5.41, 5.74) is 0. The number of unbranched alkanes of at least 4 members (excludes halogenated alkanes) is 3. The van der Waals surface area contributed by atoms with Gasteiger partial charge in [-0.2, -0.15) is 0 Å². The Kier molecular flexibility index (Phi) is 10.1. The number of hydrogen-bond donors (Lipinski definition) is 7. The number of aliphatic hydroxyl groups excluding tert-OH is 7. The second kappa shape index (κ2) is 11.8. The molecule has 7 N–H and O–H groups in total. The van der Waals surface area contributed by atoms with Crippen molar-refractivity contribution in [3.8, 4) is 0 Å². The van der Waals surface area contributed by atoms with Crippen molar-refractivity contribution >= 4 is 0 Å². The molecule has 2 aliphatic heterocycles. The zero-order valence-corrected chi connectivity index (χ0v) is 16.5. The molecule has 10 atom stereocenters. The lowest BCUT2D eigenvalue weighted by atomic mass is 9.97. The van der Waals surface area contributed by atoms with Crippen LogP contribution in [0.3, 0.4) is 0 Å². The molecule has 2 fully saturated rings. The molecule has 2 saturated heterocycles. The number of hydrogen-bond acceptors (Lipinski definition) is 11. The second-order valence-corrected chi connectivity index (χ2v) is 7.44. The van der Waals surface area contributed by atoms with Crippen LogP contribution in [-0.2, 0) is 18.9 Å². The van der Waals surface area contributed by atoms with Crippen LogP contribution in [0.15, 0.2) is 0 Å². The Morgan fingerprint density at radius 3 is 1.93 bits per heavy atom. The Morgan fingerprint density at radius 1 is 0.690 bits per heavy atom. The fourth-order valence-corrected chi connectivity index (χ4v) is 3.42. The number of rotatable bonds is 10. The molecule has 2 heterocycles. The molecule has 0 aromatic heterocycles. The van der Waals surface area contributed by atoms with Crippen molar-refractivity contribution in [2.45, 2.75) is 94.0 Å². The fourth-order valence-electron chi connectivity index (χ4n) is 3.42. The topological polar surface area (TPSA) is 179 Å². The molecule has 29 heavy (non-hydrogen) atoms. The summed E-state index contributed by atoms with van der Waals surface area (Å²) in [6.07, 6.45) is -10.5. The van der Waals surface area contributed by atoms with Crippen LogP contribution in [0.5, 0.6) is 0 Å². The van der Waals surface area contributed by atoms with Gasteiger partial charge in [0.05, 0.1) is 13.2 Å². The first-order valence-corrected chi connectivity index (χ1v) is 10.1. The summed E-state index contributed by atoms with van der Waals surface area (Å²) in [5, 5.41) is 69.4. The van der Waals surface area contributed by atoms with Crippen LogP contribution in [0.4, 0.5) is 0 Å². The highest BCUT2D eigenvalue weighted by Crippen LogP contribution is 2.29. The predicted octanol–water partition coefficient (Wildman–Crippen LogP) is -2.79. The van der Waals surface area contributed by atoms with E-state index in [1.165, 1.54) is 0 Å². The molecule has 0 bridgehead atoms. The molecule has 0 aliphatic carbocycles. The van der Waals surface area contributed by atoms with Gasteiger partial charge in [-0.05, 0) is 6.42 Å². The Morgan fingerprint density at radius 2 is 1.31 bits per heavy atom. The molecule has 2 rings (SSSR count). The molecule has 172 valence electrons. The summed E-state index contributed by atoms with van der Waals surface area (Å²) in [4.78, 5) is 0. The van der Waals surface area contributed by atoms with E-state index in [-0.39, 0.29) is 0 Å². The molecule has 0 radical (unpaired) electrons. The smallest absolute Gasteiger partial charge is 0.187 e. The van der Waals surface area contributed by atoms with Crippen LogP contribution < -0.4 is 0 Å². The van der Waals surface area contributed by atoms with E-state index in [9.17, 15) is 35.7 Å². The first kappa shape index (κ1) is 24.8. The molecule has 4 unspecified atom stereocenters. The predicted molar refractivity (Wildman–Crippen MR) is 96.5 cm³/mol. The minimum atomic E-state index is -1.69. The molecule has 0 saturated carbocycles. The SMILES string of the molecule is CCCCCCO[C@@H]1OC(CO)[C@H](O[C@@H]2OC(CO)[C@H](O)[C@H](O)C2O)[C@H](O)C1O. The molecular weight excluding hydrogens is 392 g/mol. The summed E-state index contributed by atoms with van der Waals surface area (Å²) in [7, 11) is 0. The lowest BCUT2D eigenvalue weighted by molar-refractivity contribution is -0.359. The van der Waals surface area contributed by atoms with E-state index >= 15 is 0 Å². The molecule has 0 spiro atoms. The Bertz CT molecular complexity index is 463. The Balaban J connectivity index is 1.98. The van der Waals surface area contributed by atoms with E-state index in [1.807, 2.05) is 0 Å². The van der Waals surface area contributed by atoms with E-state index in [1.54, 1.807) is 0 Å². The lowest BCUT2D eigenvalue weighted by Crippen LogP contribution is -2.64. The number of aliphatic hydroxyl groups is 7. The van der Waals surface area contributed by atoms with Crippen molar-refractivity contribution < 1.29 is 54.7 Å². The van der Waals surface area contributed by atoms with Crippen molar-refractivity contribution in [3.05, 3.63) is 0 Å². The van der Waals surface area contributed by atoms with Crippen molar-refractivity contribution in [2.75, 3.05) is 19.8 Å². The first-order valence-electron chi connectivity index (χ1n) is 10.1. The van der Waals surface area contributed by atoms with Crippen LogP contribution in [-0.4, -0.2) is 117 Å². The second-order valence-electron chi connectivity index (χ2n) is 7.44. The third-order valence-electron chi connectivity index (χ3n) is 5.24. The zero-order chi connectivity index (χ0) is 21.6. The van der Waals surface area contributed by atoms with E-state index in [0.29, 0.717) is 6.61 Å². The summed E-state index contributed by atoms with van der Waals surface area (Å²) < 4.78 is 21.7. The number of ether oxygens (including phenoxy) is 4. The largest absolute Gasteiger partial charge is 0.394 e. The van der Waals surface area contributed by atoms with E-state index < -0.39 is 74.6 Å². The van der Waals surface area contributed by atoms with Gasteiger partial charge in [-0.15, -0.1) is 0 Å². The van der Waals surface area contributed by atoms with Gasteiger partial charge in [-0.3, -0.25) is 0 Å². The Hall–Kier alpha value is -0.440. The average Bonchev–Trinajstić information content (AvgIpc) is 2.72. The van der Waals surface area contributed by atoms with Gasteiger partial charge in [0.15, 0.2) is 12.6 Å². The standard InChI is InChI=1S/C18H34O11/c1-2-3-4-5-6-26-17-15(25)13(23)16(10(8-20)28-17)29-18-14(24)12(22)11(21)9(7-19)27-18/h9-25H,2-8H2,1H3/t9?,10?,11-,12-,13+,14?,15?,16-,17+,18-/m0/s1. The van der Waals surface area contributed by atoms with Gasteiger partial charge in [0.2, 0.25) is 0 Å². The maximum absolute atomic E-state index is 10.5. The quantitative estimate of drug-likeness (QED) is 0.180. The average molecular weight is 426 g/mol. The van der Waals surface area contributed by atoms with Gasteiger partial charge >= 0.3 is 0 Å². The normalized spacial score (nSPS) is 43.4. The van der Waals surface area contributed by atoms with Crippen LogP contribution in [0.1, 0.15) is 32.6 Å². The molecular formula is C18H34O11. The molecule has 0 aromatic rings. The Labute approximate surface area is 169 Å². The zero-order valence-electron chi connectivity index (χ0n) is 16.5. The molecule has 0 amide bonds. The molecule has 11 nitrogen and oxygen atoms in total. The van der Waals surface area contributed by atoms with Gasteiger partial charge in [0, 0.05) is 6.61 Å². The monoisotopic (exact) mass is 426 g/mol. The summed E-state index contributed by atoms with van der Waals surface area (Å²) in [5.74, 6) is 0. The molecule has 0 aromatic carbocycles. The van der Waals surface area contributed by atoms with Gasteiger partial charge in [0.25, 0.3) is 0 Å². The first-order chi connectivity index (χ1) is 13.8. The van der Waals surface area contributed by atoms with E-state index in [2.05, 4.69) is 6.92 Å². The van der Waals surface area contributed by atoms with Crippen LogP contribution in [0, 0.1) is 0 Å². The van der Waals surface area contributed by atoms with Gasteiger partial charge in [-0.1, -0.05) is 26.2 Å². The van der Waals surface area contributed by atoms with Gasteiger partial charge in [0.1, 0.15) is 48.8 Å². The molecule has 11 heteroatoms. The van der Waals surface area contributed by atoms with Crippen LogP contribution in [0.25, 0.3) is 0 Å². The fraction of sp³-hybridized carbons (Fsp3) is 1.00. The van der Waals surface area contributed by atoms with Crippen LogP contribution >= 0.6 is 0 Å². The van der Waals surface area contributed by atoms with Crippen molar-refractivity contribution in [3.63, 3.8) is 0 Å².